The molecule has 36 heavy (non-hydrogen) atoms. The second kappa shape index (κ2) is 11.9. The molecule has 0 saturated heterocycles. The first kappa shape index (κ1) is 29.3. The number of carbonyl (C=O) groups is 2. The topological polar surface area (TPSA) is 86.8 Å². The highest BCUT2D eigenvalue weighted by molar-refractivity contribution is 7.92. The molecule has 1 N–H and O–H groups in total. The van der Waals surface area contributed by atoms with E-state index in [-0.39, 0.29) is 37.7 Å². The number of amides is 2. The van der Waals surface area contributed by atoms with Gasteiger partial charge in [-0.2, -0.15) is 0 Å². The summed E-state index contributed by atoms with van der Waals surface area (Å²) in [4.78, 5) is 27.5. The van der Waals surface area contributed by atoms with E-state index < -0.39 is 27.4 Å². The van der Waals surface area contributed by atoms with Crippen LogP contribution < -0.4 is 9.62 Å². The molecule has 0 heterocycles. The van der Waals surface area contributed by atoms with Crippen molar-refractivity contribution in [2.24, 2.45) is 0 Å². The van der Waals surface area contributed by atoms with E-state index >= 15 is 0 Å². The molecule has 0 aromatic heterocycles. The summed E-state index contributed by atoms with van der Waals surface area (Å²) >= 11 is 0. The highest BCUT2D eigenvalue weighted by Crippen LogP contribution is 2.22. The van der Waals surface area contributed by atoms with Crippen molar-refractivity contribution in [3.8, 4) is 0 Å². The molecular formula is C27H38FN3O4S. The molecule has 0 spiro atoms. The van der Waals surface area contributed by atoms with E-state index in [1.807, 2.05) is 40.7 Å². The number of anilines is 1. The summed E-state index contributed by atoms with van der Waals surface area (Å²) in [6.45, 7) is 10.9. The largest absolute Gasteiger partial charge is 0.350 e. The first-order valence-corrected chi connectivity index (χ1v) is 13.8. The van der Waals surface area contributed by atoms with Crippen LogP contribution in [-0.4, -0.2) is 49.5 Å². The van der Waals surface area contributed by atoms with E-state index in [0.717, 1.165) is 17.4 Å². The van der Waals surface area contributed by atoms with E-state index in [1.165, 1.54) is 15.3 Å². The number of halogens is 1. The fourth-order valence-electron chi connectivity index (χ4n) is 3.97. The van der Waals surface area contributed by atoms with Crippen LogP contribution in [0, 0.1) is 19.7 Å². The average Bonchev–Trinajstić information content (AvgIpc) is 2.72. The Kier molecular flexibility index (Phi) is 9.65. The number of hydrogen-bond donors (Lipinski definition) is 1. The summed E-state index contributed by atoms with van der Waals surface area (Å²) in [5.41, 5.74) is 2.21. The van der Waals surface area contributed by atoms with E-state index in [0.29, 0.717) is 11.3 Å². The SMILES string of the molecule is Cc1cc(C)cc(N(CCCC(=O)N(Cc2ccccc2F)C(C)C(=O)NC(C)(C)C)S(C)(=O)=O)c1. The van der Waals surface area contributed by atoms with Crippen molar-refractivity contribution in [2.75, 3.05) is 17.1 Å². The molecule has 0 aliphatic heterocycles. The predicted octanol–water partition coefficient (Wildman–Crippen LogP) is 4.32. The summed E-state index contributed by atoms with van der Waals surface area (Å²) < 4.78 is 40.7. The molecule has 2 rings (SSSR count). The molecule has 0 bridgehead atoms. The molecule has 198 valence electrons. The van der Waals surface area contributed by atoms with Crippen molar-refractivity contribution >= 4 is 27.5 Å². The first-order chi connectivity index (χ1) is 16.6. The lowest BCUT2D eigenvalue weighted by molar-refractivity contribution is -0.141. The lowest BCUT2D eigenvalue weighted by Gasteiger charge is -2.32. The normalized spacial score (nSPS) is 12.7. The molecule has 1 unspecified atom stereocenters. The molecule has 2 amide bonds. The van der Waals surface area contributed by atoms with Crippen LogP contribution in [0.5, 0.6) is 0 Å². The van der Waals surface area contributed by atoms with Gasteiger partial charge in [-0.3, -0.25) is 13.9 Å². The van der Waals surface area contributed by atoms with Gasteiger partial charge in [0.05, 0.1) is 11.9 Å². The number of nitrogens with zero attached hydrogens (tertiary/aromatic N) is 2. The standard InChI is InChI=1S/C27H38FN3O4S/c1-19-15-20(2)17-23(16-19)31(36(7,34)35)14-10-13-25(32)30(18-22-11-8-9-12-24(22)28)21(3)26(33)29-27(4,5)6/h8-9,11-12,15-17,21H,10,13-14,18H2,1-7H3,(H,29,33). The third-order valence-corrected chi connectivity index (χ3v) is 6.80. The van der Waals surface area contributed by atoms with Gasteiger partial charge in [0.25, 0.3) is 0 Å². The Morgan fingerprint density at radius 3 is 2.17 bits per heavy atom. The smallest absolute Gasteiger partial charge is 0.242 e. The summed E-state index contributed by atoms with van der Waals surface area (Å²) in [6.07, 6.45) is 1.37. The lowest BCUT2D eigenvalue weighted by atomic mass is 10.1. The highest BCUT2D eigenvalue weighted by atomic mass is 32.2. The Morgan fingerprint density at radius 2 is 1.64 bits per heavy atom. The summed E-state index contributed by atoms with van der Waals surface area (Å²) in [5, 5.41) is 2.87. The lowest BCUT2D eigenvalue weighted by Crippen LogP contribution is -2.52. The number of carbonyl (C=O) groups excluding carboxylic acids is 2. The van der Waals surface area contributed by atoms with E-state index in [4.69, 9.17) is 0 Å². The molecule has 0 aliphatic carbocycles. The number of rotatable bonds is 10. The fourth-order valence-corrected chi connectivity index (χ4v) is 4.91. The third kappa shape index (κ3) is 8.62. The second-order valence-electron chi connectivity index (χ2n) is 10.3. The summed E-state index contributed by atoms with van der Waals surface area (Å²) in [7, 11) is -3.58. The van der Waals surface area contributed by atoms with Gasteiger partial charge in [-0.05, 0) is 77.3 Å². The Hall–Kier alpha value is -2.94. The van der Waals surface area contributed by atoms with Crippen LogP contribution in [0.1, 0.15) is 57.2 Å². The molecule has 0 aliphatic rings. The first-order valence-electron chi connectivity index (χ1n) is 12.0. The van der Waals surface area contributed by atoms with Gasteiger partial charge in [0.1, 0.15) is 11.9 Å². The molecule has 9 heteroatoms. The van der Waals surface area contributed by atoms with Gasteiger partial charge in [0.15, 0.2) is 0 Å². The molecule has 2 aromatic carbocycles. The zero-order valence-electron chi connectivity index (χ0n) is 22.3. The second-order valence-corrected chi connectivity index (χ2v) is 12.2. The van der Waals surface area contributed by atoms with Crippen molar-refractivity contribution in [1.82, 2.24) is 10.2 Å². The zero-order chi connectivity index (χ0) is 27.3. The number of aryl methyl sites for hydroxylation is 2. The minimum atomic E-state index is -3.58. The monoisotopic (exact) mass is 519 g/mol. The molecule has 0 fully saturated rings. The summed E-state index contributed by atoms with van der Waals surface area (Å²) in [6, 6.07) is 10.8. The number of hydrogen-bond acceptors (Lipinski definition) is 4. The number of benzene rings is 2. The van der Waals surface area contributed by atoms with Gasteiger partial charge in [0, 0.05) is 30.6 Å². The van der Waals surface area contributed by atoms with Gasteiger partial charge in [-0.25, -0.2) is 12.8 Å². The maximum absolute atomic E-state index is 14.4. The van der Waals surface area contributed by atoms with Crippen LogP contribution >= 0.6 is 0 Å². The quantitative estimate of drug-likeness (QED) is 0.507. The maximum Gasteiger partial charge on any atom is 0.242 e. The van der Waals surface area contributed by atoms with Gasteiger partial charge in [0.2, 0.25) is 21.8 Å². The predicted molar refractivity (Wildman–Crippen MR) is 142 cm³/mol. The van der Waals surface area contributed by atoms with E-state index in [2.05, 4.69) is 5.32 Å². The van der Waals surface area contributed by atoms with E-state index in [9.17, 15) is 22.4 Å². The van der Waals surface area contributed by atoms with Crippen LogP contribution in [0.25, 0.3) is 0 Å². The Morgan fingerprint density at radius 1 is 1.06 bits per heavy atom. The Balaban J connectivity index is 2.23. The molecule has 0 radical (unpaired) electrons. The van der Waals surface area contributed by atoms with Crippen LogP contribution in [0.15, 0.2) is 42.5 Å². The van der Waals surface area contributed by atoms with E-state index in [1.54, 1.807) is 37.3 Å². The van der Waals surface area contributed by atoms with Crippen molar-refractivity contribution in [2.45, 2.75) is 72.5 Å². The van der Waals surface area contributed by atoms with Crippen molar-refractivity contribution < 1.29 is 22.4 Å². The minimum absolute atomic E-state index is 0.00158. The minimum Gasteiger partial charge on any atom is -0.350 e. The number of nitrogens with one attached hydrogen (secondary N) is 1. The van der Waals surface area contributed by atoms with Crippen molar-refractivity contribution in [3.05, 3.63) is 65.0 Å². The summed E-state index contributed by atoms with van der Waals surface area (Å²) in [5.74, 6) is -1.17. The van der Waals surface area contributed by atoms with Gasteiger partial charge >= 0.3 is 0 Å². The third-order valence-electron chi connectivity index (χ3n) is 5.61. The Bertz CT molecular complexity index is 1170. The molecule has 1 atom stereocenters. The van der Waals surface area contributed by atoms with Crippen LogP contribution in [0.4, 0.5) is 10.1 Å². The van der Waals surface area contributed by atoms with Crippen molar-refractivity contribution in [3.63, 3.8) is 0 Å². The van der Waals surface area contributed by atoms with Crippen LogP contribution in [-0.2, 0) is 26.2 Å². The number of sulfonamides is 1. The molecular weight excluding hydrogens is 481 g/mol. The molecule has 0 saturated carbocycles. The zero-order valence-corrected chi connectivity index (χ0v) is 23.1. The fraction of sp³-hybridized carbons (Fsp3) is 0.481. The van der Waals surface area contributed by atoms with Crippen LogP contribution in [0.2, 0.25) is 0 Å². The maximum atomic E-state index is 14.4. The molecule has 7 nitrogen and oxygen atoms in total. The average molecular weight is 520 g/mol. The van der Waals surface area contributed by atoms with Gasteiger partial charge < -0.3 is 10.2 Å². The molecule has 2 aromatic rings. The van der Waals surface area contributed by atoms with Gasteiger partial charge in [-0.1, -0.05) is 24.3 Å². The van der Waals surface area contributed by atoms with Gasteiger partial charge in [-0.15, -0.1) is 0 Å². The van der Waals surface area contributed by atoms with Crippen molar-refractivity contribution in [1.29, 1.82) is 0 Å². The highest BCUT2D eigenvalue weighted by Gasteiger charge is 2.29. The Labute approximate surface area is 214 Å². The van der Waals surface area contributed by atoms with Crippen LogP contribution in [0.3, 0.4) is 0 Å².